The van der Waals surface area contributed by atoms with Crippen LogP contribution in [0.4, 0.5) is 5.69 Å². The van der Waals surface area contributed by atoms with Gasteiger partial charge in [0.1, 0.15) is 24.1 Å². The number of sulfonamides is 1. The Morgan fingerprint density at radius 2 is 1.52 bits per heavy atom. The topological polar surface area (TPSA) is 105 Å². The van der Waals surface area contributed by atoms with Crippen LogP contribution in [0.5, 0.6) is 11.5 Å². The summed E-state index contributed by atoms with van der Waals surface area (Å²) in [6, 6.07) is 28.9. The Labute approximate surface area is 284 Å². The molecule has 0 saturated carbocycles. The second kappa shape index (κ2) is 17.4. The average Bonchev–Trinajstić information content (AvgIpc) is 3.10. The van der Waals surface area contributed by atoms with E-state index in [0.717, 1.165) is 33.8 Å². The van der Waals surface area contributed by atoms with Crippen LogP contribution in [0.2, 0.25) is 0 Å². The van der Waals surface area contributed by atoms with Gasteiger partial charge in [0.25, 0.3) is 10.0 Å². The molecule has 1 N–H and O–H groups in total. The van der Waals surface area contributed by atoms with Crippen LogP contribution in [0, 0.1) is 6.92 Å². The van der Waals surface area contributed by atoms with Crippen LogP contribution >= 0.6 is 0 Å². The highest BCUT2D eigenvalue weighted by Crippen LogP contribution is 2.27. The van der Waals surface area contributed by atoms with Gasteiger partial charge in [-0.3, -0.25) is 13.9 Å². The molecule has 0 saturated heterocycles. The number of nitrogens with zero attached hydrogens (tertiary/aromatic N) is 2. The third kappa shape index (κ3) is 9.60. The van der Waals surface area contributed by atoms with Gasteiger partial charge in [-0.25, -0.2) is 8.42 Å². The van der Waals surface area contributed by atoms with Crippen molar-refractivity contribution in [3.63, 3.8) is 0 Å². The predicted octanol–water partition coefficient (Wildman–Crippen LogP) is 6.15. The zero-order chi connectivity index (χ0) is 34.5. The van der Waals surface area contributed by atoms with E-state index in [1.807, 2.05) is 69.3 Å². The van der Waals surface area contributed by atoms with Crippen molar-refractivity contribution in [3.8, 4) is 11.5 Å². The fourth-order valence-corrected chi connectivity index (χ4v) is 6.68. The summed E-state index contributed by atoms with van der Waals surface area (Å²) in [6.07, 6.45) is 1.92. The zero-order valence-corrected chi connectivity index (χ0v) is 28.9. The van der Waals surface area contributed by atoms with Gasteiger partial charge < -0.3 is 19.7 Å². The smallest absolute Gasteiger partial charge is 0.264 e. The number of carbonyl (C=O) groups is 2. The van der Waals surface area contributed by atoms with E-state index in [-0.39, 0.29) is 23.8 Å². The number of hydrogen-bond donors (Lipinski definition) is 1. The van der Waals surface area contributed by atoms with Crippen molar-refractivity contribution in [1.82, 2.24) is 10.2 Å². The first-order chi connectivity index (χ1) is 23.2. The fourth-order valence-electron chi connectivity index (χ4n) is 5.27. The number of amides is 2. The maximum Gasteiger partial charge on any atom is 0.264 e. The molecule has 254 valence electrons. The van der Waals surface area contributed by atoms with E-state index >= 15 is 0 Å². The van der Waals surface area contributed by atoms with Crippen LogP contribution in [-0.2, 0) is 32.6 Å². The second-order valence-electron chi connectivity index (χ2n) is 11.5. The first-order valence-electron chi connectivity index (χ1n) is 16.2. The lowest BCUT2D eigenvalue weighted by Crippen LogP contribution is -2.53. The molecule has 48 heavy (non-hydrogen) atoms. The van der Waals surface area contributed by atoms with Gasteiger partial charge in [-0.2, -0.15) is 0 Å². The van der Waals surface area contributed by atoms with Gasteiger partial charge in [0.05, 0.1) is 24.3 Å². The summed E-state index contributed by atoms with van der Waals surface area (Å²) < 4.78 is 40.6. The van der Waals surface area contributed by atoms with Crippen molar-refractivity contribution >= 4 is 27.5 Å². The number of benzene rings is 4. The Kier molecular flexibility index (Phi) is 13.0. The number of nitrogens with one attached hydrogen (secondary N) is 1. The summed E-state index contributed by atoms with van der Waals surface area (Å²) in [5, 5.41) is 3.01. The highest BCUT2D eigenvalue weighted by atomic mass is 32.2. The number of hydrogen-bond acceptors (Lipinski definition) is 6. The first kappa shape index (κ1) is 36.0. The Balaban J connectivity index is 1.79. The van der Waals surface area contributed by atoms with E-state index in [1.54, 1.807) is 49.6 Å². The van der Waals surface area contributed by atoms with E-state index in [2.05, 4.69) is 5.32 Å². The number of rotatable bonds is 17. The molecule has 0 radical (unpaired) electrons. The zero-order valence-electron chi connectivity index (χ0n) is 28.1. The van der Waals surface area contributed by atoms with E-state index in [9.17, 15) is 18.0 Å². The number of carbonyl (C=O) groups excluding carboxylic acids is 2. The molecule has 9 nitrogen and oxygen atoms in total. The first-order valence-corrected chi connectivity index (χ1v) is 17.7. The molecule has 0 unspecified atom stereocenters. The highest BCUT2D eigenvalue weighted by molar-refractivity contribution is 7.92. The number of aryl methyl sites for hydroxylation is 1. The van der Waals surface area contributed by atoms with E-state index in [0.29, 0.717) is 30.3 Å². The van der Waals surface area contributed by atoms with Crippen molar-refractivity contribution in [2.75, 3.05) is 31.1 Å². The Morgan fingerprint density at radius 1 is 0.833 bits per heavy atom. The maximum absolute atomic E-state index is 14.6. The molecule has 4 rings (SSSR count). The van der Waals surface area contributed by atoms with Crippen LogP contribution < -0.4 is 19.1 Å². The van der Waals surface area contributed by atoms with Crippen molar-refractivity contribution in [2.45, 2.75) is 57.5 Å². The quantitative estimate of drug-likeness (QED) is 0.135. The normalized spacial score (nSPS) is 11.8. The van der Waals surface area contributed by atoms with Crippen molar-refractivity contribution < 1.29 is 27.5 Å². The molecule has 0 heterocycles. The van der Waals surface area contributed by atoms with Crippen LogP contribution in [0.1, 0.15) is 43.4 Å². The predicted molar refractivity (Wildman–Crippen MR) is 189 cm³/mol. The minimum atomic E-state index is -4.22. The van der Waals surface area contributed by atoms with Crippen LogP contribution in [0.25, 0.3) is 0 Å². The lowest BCUT2D eigenvalue weighted by Gasteiger charge is -2.34. The Hall–Kier alpha value is -4.83. The van der Waals surface area contributed by atoms with Gasteiger partial charge in [-0.05, 0) is 79.9 Å². The van der Waals surface area contributed by atoms with Gasteiger partial charge in [-0.15, -0.1) is 0 Å². The largest absolute Gasteiger partial charge is 0.497 e. The Morgan fingerprint density at radius 3 is 2.17 bits per heavy atom. The molecule has 0 aliphatic carbocycles. The van der Waals surface area contributed by atoms with Crippen LogP contribution in [-0.4, -0.2) is 58.0 Å². The molecule has 10 heteroatoms. The summed E-state index contributed by atoms with van der Waals surface area (Å²) in [6.45, 7) is 6.22. The van der Waals surface area contributed by atoms with Gasteiger partial charge in [-0.1, -0.05) is 73.5 Å². The molecule has 0 fully saturated rings. The molecule has 0 aromatic heterocycles. The average molecular weight is 672 g/mol. The standard InChI is InChI=1S/C38H45N3O6S/c1-5-7-24-39-38(43)36(26-30-12-9-8-10-13-30)40(27-31-14-11-15-34(25-31)46-4)37(42)28-41(32-18-16-29(3)17-19-32)48(44,45)35-22-20-33(21-23-35)47-6-2/h8-23,25,36H,5-7,24,26-28H2,1-4H3,(H,39,43)/t36-/m0/s1. The maximum atomic E-state index is 14.6. The van der Waals surface area contributed by atoms with Crippen molar-refractivity contribution in [1.29, 1.82) is 0 Å². The van der Waals surface area contributed by atoms with E-state index in [4.69, 9.17) is 9.47 Å². The van der Waals surface area contributed by atoms with Crippen LogP contribution in [0.3, 0.4) is 0 Å². The van der Waals surface area contributed by atoms with Gasteiger partial charge in [0.15, 0.2) is 0 Å². The van der Waals surface area contributed by atoms with Crippen molar-refractivity contribution in [2.24, 2.45) is 0 Å². The van der Waals surface area contributed by atoms with E-state index in [1.165, 1.54) is 17.0 Å². The van der Waals surface area contributed by atoms with Crippen molar-refractivity contribution in [3.05, 3.63) is 120 Å². The summed E-state index contributed by atoms with van der Waals surface area (Å²) in [4.78, 5) is 30.0. The minimum Gasteiger partial charge on any atom is -0.497 e. The molecule has 1 atom stereocenters. The molecule has 4 aromatic rings. The molecule has 0 bridgehead atoms. The molecular formula is C38H45N3O6S. The Bertz CT molecular complexity index is 1730. The molecule has 0 aliphatic rings. The molecular weight excluding hydrogens is 627 g/mol. The monoisotopic (exact) mass is 671 g/mol. The highest BCUT2D eigenvalue weighted by Gasteiger charge is 2.34. The SMILES string of the molecule is CCCCNC(=O)[C@H](Cc1ccccc1)N(Cc1cccc(OC)c1)C(=O)CN(c1ccc(C)cc1)S(=O)(=O)c1ccc(OCC)cc1. The summed E-state index contributed by atoms with van der Waals surface area (Å²) in [5.74, 6) is 0.308. The number of ether oxygens (including phenoxy) is 2. The summed E-state index contributed by atoms with van der Waals surface area (Å²) >= 11 is 0. The fraction of sp³-hybridized carbons (Fsp3) is 0.316. The van der Waals surface area contributed by atoms with Gasteiger partial charge in [0.2, 0.25) is 11.8 Å². The second-order valence-corrected chi connectivity index (χ2v) is 13.3. The summed E-state index contributed by atoms with van der Waals surface area (Å²) in [7, 11) is -2.66. The third-order valence-electron chi connectivity index (χ3n) is 7.91. The number of anilines is 1. The van der Waals surface area contributed by atoms with Gasteiger partial charge >= 0.3 is 0 Å². The number of unbranched alkanes of at least 4 members (excludes halogenated alkanes) is 1. The van der Waals surface area contributed by atoms with Crippen LogP contribution in [0.15, 0.2) is 108 Å². The molecule has 4 aromatic carbocycles. The molecule has 0 spiro atoms. The van der Waals surface area contributed by atoms with E-state index < -0.39 is 28.5 Å². The summed E-state index contributed by atoms with van der Waals surface area (Å²) in [5.41, 5.74) is 2.87. The lowest BCUT2D eigenvalue weighted by molar-refractivity contribution is -0.140. The number of methoxy groups -OCH3 is 1. The minimum absolute atomic E-state index is 0.0109. The van der Waals surface area contributed by atoms with Gasteiger partial charge in [0, 0.05) is 19.5 Å². The third-order valence-corrected chi connectivity index (χ3v) is 9.70. The molecule has 0 aliphatic heterocycles. The molecule has 2 amide bonds. The lowest BCUT2D eigenvalue weighted by atomic mass is 10.0.